The van der Waals surface area contributed by atoms with Crippen molar-refractivity contribution in [3.8, 4) is 0 Å². The molecule has 1 fully saturated rings. The Morgan fingerprint density at radius 2 is 2.38 bits per heavy atom. The molecule has 2 aromatic heterocycles. The van der Waals surface area contributed by atoms with Crippen molar-refractivity contribution in [2.45, 2.75) is 32.7 Å². The molecular weight excluding hydrogens is 286 g/mol. The second-order valence-electron chi connectivity index (χ2n) is 5.61. The SMILES string of the molecule is CCc1nn2c(=O)cc(CN3CCCC(CN)C3)nc2s1. The summed E-state index contributed by atoms with van der Waals surface area (Å²) in [5.74, 6) is 0.568. The van der Waals surface area contributed by atoms with Crippen molar-refractivity contribution in [2.24, 2.45) is 11.7 Å². The van der Waals surface area contributed by atoms with Gasteiger partial charge in [-0.2, -0.15) is 9.61 Å². The Labute approximate surface area is 127 Å². The molecule has 3 rings (SSSR count). The number of aromatic nitrogens is 3. The molecule has 0 bridgehead atoms. The van der Waals surface area contributed by atoms with Crippen molar-refractivity contribution in [2.75, 3.05) is 19.6 Å². The summed E-state index contributed by atoms with van der Waals surface area (Å²) in [5, 5.41) is 5.22. The summed E-state index contributed by atoms with van der Waals surface area (Å²) in [7, 11) is 0. The predicted octanol–water partition coefficient (Wildman–Crippen LogP) is 0.884. The van der Waals surface area contributed by atoms with E-state index in [1.165, 1.54) is 28.7 Å². The maximum atomic E-state index is 12.1. The first-order valence-electron chi connectivity index (χ1n) is 7.50. The van der Waals surface area contributed by atoms with E-state index in [0.29, 0.717) is 10.9 Å². The van der Waals surface area contributed by atoms with Gasteiger partial charge in [-0.15, -0.1) is 0 Å². The molecule has 1 unspecified atom stereocenters. The van der Waals surface area contributed by atoms with Crippen LogP contribution in [0.2, 0.25) is 0 Å². The predicted molar refractivity (Wildman–Crippen MR) is 83.6 cm³/mol. The molecule has 0 aromatic carbocycles. The molecule has 2 N–H and O–H groups in total. The quantitative estimate of drug-likeness (QED) is 0.907. The van der Waals surface area contributed by atoms with Gasteiger partial charge in [0.2, 0.25) is 4.96 Å². The van der Waals surface area contributed by atoms with Crippen LogP contribution in [0, 0.1) is 5.92 Å². The Bertz CT molecular complexity index is 680. The van der Waals surface area contributed by atoms with Gasteiger partial charge in [0.25, 0.3) is 5.56 Å². The monoisotopic (exact) mass is 307 g/mol. The fraction of sp³-hybridized carbons (Fsp3) is 0.643. The first-order valence-corrected chi connectivity index (χ1v) is 8.32. The van der Waals surface area contributed by atoms with E-state index in [4.69, 9.17) is 5.73 Å². The lowest BCUT2D eigenvalue weighted by Gasteiger charge is -2.31. The molecule has 0 amide bonds. The molecular formula is C14H21N5OS. The number of likely N-dealkylation sites (tertiary alicyclic amines) is 1. The first-order chi connectivity index (χ1) is 10.2. The van der Waals surface area contributed by atoms with Gasteiger partial charge in [-0.05, 0) is 38.3 Å². The largest absolute Gasteiger partial charge is 0.330 e. The zero-order valence-corrected chi connectivity index (χ0v) is 13.1. The molecule has 0 radical (unpaired) electrons. The molecule has 1 saturated heterocycles. The summed E-state index contributed by atoms with van der Waals surface area (Å²) in [6.07, 6.45) is 3.20. The molecule has 114 valence electrons. The topological polar surface area (TPSA) is 76.5 Å². The van der Waals surface area contributed by atoms with E-state index in [2.05, 4.69) is 15.0 Å². The van der Waals surface area contributed by atoms with Crippen LogP contribution in [0.5, 0.6) is 0 Å². The minimum atomic E-state index is -0.0849. The lowest BCUT2D eigenvalue weighted by molar-refractivity contribution is 0.169. The Morgan fingerprint density at radius 1 is 1.52 bits per heavy atom. The van der Waals surface area contributed by atoms with Gasteiger partial charge >= 0.3 is 0 Å². The van der Waals surface area contributed by atoms with Gasteiger partial charge in [0.05, 0.1) is 5.69 Å². The number of nitrogens with zero attached hydrogens (tertiary/aromatic N) is 4. The van der Waals surface area contributed by atoms with Crippen molar-refractivity contribution >= 4 is 16.3 Å². The highest BCUT2D eigenvalue weighted by atomic mass is 32.1. The lowest BCUT2D eigenvalue weighted by Crippen LogP contribution is -2.38. The normalized spacial score (nSPS) is 20.2. The van der Waals surface area contributed by atoms with Crippen molar-refractivity contribution in [3.05, 3.63) is 27.1 Å². The summed E-state index contributed by atoms with van der Waals surface area (Å²) in [6.45, 7) is 5.55. The Kier molecular flexibility index (Phi) is 4.32. The van der Waals surface area contributed by atoms with Crippen molar-refractivity contribution in [3.63, 3.8) is 0 Å². The summed E-state index contributed by atoms with van der Waals surface area (Å²) in [6, 6.07) is 1.61. The van der Waals surface area contributed by atoms with Crippen LogP contribution in [0.25, 0.3) is 4.96 Å². The van der Waals surface area contributed by atoms with Gasteiger partial charge in [-0.25, -0.2) is 4.98 Å². The molecule has 0 aliphatic carbocycles. The smallest absolute Gasteiger partial charge is 0.275 e. The number of piperidine rings is 1. The summed E-state index contributed by atoms with van der Waals surface area (Å²) in [4.78, 5) is 19.8. The fourth-order valence-electron chi connectivity index (χ4n) is 2.84. The molecule has 21 heavy (non-hydrogen) atoms. The Balaban J connectivity index is 1.82. The highest BCUT2D eigenvalue weighted by molar-refractivity contribution is 7.16. The summed E-state index contributed by atoms with van der Waals surface area (Å²) >= 11 is 1.49. The molecule has 1 atom stereocenters. The van der Waals surface area contributed by atoms with Crippen LogP contribution >= 0.6 is 11.3 Å². The van der Waals surface area contributed by atoms with Gasteiger partial charge in [-0.3, -0.25) is 9.69 Å². The van der Waals surface area contributed by atoms with Crippen LogP contribution in [0.15, 0.2) is 10.9 Å². The molecule has 6 nitrogen and oxygen atoms in total. The van der Waals surface area contributed by atoms with Crippen LogP contribution in [-0.2, 0) is 13.0 Å². The lowest BCUT2D eigenvalue weighted by atomic mass is 9.98. The number of aryl methyl sites for hydroxylation is 1. The number of fused-ring (bicyclic) bond motifs is 1. The second-order valence-corrected chi connectivity index (χ2v) is 6.65. The number of nitrogens with two attached hydrogens (primary N) is 1. The van der Waals surface area contributed by atoms with Crippen LogP contribution in [0.4, 0.5) is 0 Å². The number of rotatable bonds is 4. The average molecular weight is 307 g/mol. The second kappa shape index (κ2) is 6.21. The van der Waals surface area contributed by atoms with Crippen LogP contribution < -0.4 is 11.3 Å². The van der Waals surface area contributed by atoms with E-state index < -0.39 is 0 Å². The average Bonchev–Trinajstić information content (AvgIpc) is 2.91. The zero-order valence-electron chi connectivity index (χ0n) is 12.3. The molecule has 3 heterocycles. The Hall–Kier alpha value is -1.31. The fourth-order valence-corrected chi connectivity index (χ4v) is 3.69. The summed E-state index contributed by atoms with van der Waals surface area (Å²) in [5.41, 5.74) is 6.53. The molecule has 0 saturated carbocycles. The van der Waals surface area contributed by atoms with Gasteiger partial charge in [0.1, 0.15) is 5.01 Å². The molecule has 2 aromatic rings. The third-order valence-electron chi connectivity index (χ3n) is 3.96. The maximum Gasteiger partial charge on any atom is 0.275 e. The molecule has 1 aliphatic heterocycles. The molecule has 1 aliphatic rings. The van der Waals surface area contributed by atoms with Crippen LogP contribution in [-0.4, -0.2) is 39.1 Å². The van der Waals surface area contributed by atoms with E-state index in [-0.39, 0.29) is 5.56 Å². The standard InChI is InChI=1S/C14H21N5OS/c1-2-12-17-19-13(20)6-11(16-14(19)21-12)9-18-5-3-4-10(7-15)8-18/h6,10H,2-5,7-9,15H2,1H3. The van der Waals surface area contributed by atoms with Crippen LogP contribution in [0.3, 0.4) is 0 Å². The van der Waals surface area contributed by atoms with E-state index in [1.54, 1.807) is 6.07 Å². The van der Waals surface area contributed by atoms with Gasteiger partial charge in [0.15, 0.2) is 0 Å². The molecule has 0 spiro atoms. The van der Waals surface area contributed by atoms with Crippen molar-refractivity contribution < 1.29 is 0 Å². The first kappa shape index (κ1) is 14.6. The highest BCUT2D eigenvalue weighted by Gasteiger charge is 2.19. The number of hydrogen-bond acceptors (Lipinski definition) is 6. The van der Waals surface area contributed by atoms with Crippen molar-refractivity contribution in [1.82, 2.24) is 19.5 Å². The highest BCUT2D eigenvalue weighted by Crippen LogP contribution is 2.17. The zero-order chi connectivity index (χ0) is 14.8. The number of hydrogen-bond donors (Lipinski definition) is 1. The van der Waals surface area contributed by atoms with E-state index in [9.17, 15) is 4.79 Å². The molecule has 7 heteroatoms. The maximum absolute atomic E-state index is 12.1. The van der Waals surface area contributed by atoms with Crippen LogP contribution in [0.1, 0.15) is 30.5 Å². The third-order valence-corrected chi connectivity index (χ3v) is 5.02. The van der Waals surface area contributed by atoms with E-state index in [1.807, 2.05) is 6.92 Å². The minimum absolute atomic E-state index is 0.0849. The summed E-state index contributed by atoms with van der Waals surface area (Å²) < 4.78 is 1.41. The van der Waals surface area contributed by atoms with Gasteiger partial charge in [-0.1, -0.05) is 18.3 Å². The van der Waals surface area contributed by atoms with E-state index in [0.717, 1.165) is 43.3 Å². The van der Waals surface area contributed by atoms with E-state index >= 15 is 0 Å². The Morgan fingerprint density at radius 3 is 3.14 bits per heavy atom. The van der Waals surface area contributed by atoms with Gasteiger partial charge in [0, 0.05) is 19.2 Å². The van der Waals surface area contributed by atoms with Gasteiger partial charge < -0.3 is 5.73 Å². The third kappa shape index (κ3) is 3.14. The van der Waals surface area contributed by atoms with Crippen molar-refractivity contribution in [1.29, 1.82) is 0 Å². The minimum Gasteiger partial charge on any atom is -0.330 e.